The molecular formula is C17H19FN4OS2. The fourth-order valence-corrected chi connectivity index (χ4v) is 3.57. The molecule has 1 N–H and O–H groups in total. The summed E-state index contributed by atoms with van der Waals surface area (Å²) in [5, 5.41) is 11.9. The van der Waals surface area contributed by atoms with Crippen molar-refractivity contribution >= 4 is 34.1 Å². The zero-order valence-electron chi connectivity index (χ0n) is 13.7. The van der Waals surface area contributed by atoms with E-state index >= 15 is 0 Å². The van der Waals surface area contributed by atoms with Gasteiger partial charge in [-0.2, -0.15) is 0 Å². The Labute approximate surface area is 154 Å². The van der Waals surface area contributed by atoms with Crippen LogP contribution in [0.2, 0.25) is 0 Å². The first-order valence-corrected chi connectivity index (χ1v) is 9.36. The summed E-state index contributed by atoms with van der Waals surface area (Å²) in [6.45, 7) is 8.82. The molecule has 0 unspecified atom stereocenters. The number of halogens is 1. The predicted octanol–water partition coefficient (Wildman–Crippen LogP) is 3.58. The lowest BCUT2D eigenvalue weighted by molar-refractivity contribution is -0.127. The zero-order valence-corrected chi connectivity index (χ0v) is 15.3. The topological polar surface area (TPSA) is 58.1 Å². The molecule has 5 nitrogen and oxygen atoms in total. The molecule has 0 saturated heterocycles. The number of anilines is 1. The van der Waals surface area contributed by atoms with Crippen LogP contribution in [-0.2, 0) is 11.3 Å². The molecule has 2 aromatic rings. The van der Waals surface area contributed by atoms with Crippen LogP contribution in [0.1, 0.15) is 5.56 Å². The SMILES string of the molecule is C=CCN(CC=C)C(=O)CSc1nnc(NCc2ccc(F)cc2)s1. The van der Waals surface area contributed by atoms with Gasteiger partial charge < -0.3 is 10.2 Å². The van der Waals surface area contributed by atoms with Gasteiger partial charge in [0.2, 0.25) is 11.0 Å². The Hall–Kier alpha value is -2.19. The fourth-order valence-electron chi connectivity index (χ4n) is 1.92. The van der Waals surface area contributed by atoms with E-state index < -0.39 is 0 Å². The van der Waals surface area contributed by atoms with Crippen molar-refractivity contribution in [1.82, 2.24) is 15.1 Å². The zero-order chi connectivity index (χ0) is 18.1. The number of hydrogen-bond donors (Lipinski definition) is 1. The summed E-state index contributed by atoms with van der Waals surface area (Å²) in [5.41, 5.74) is 0.950. The van der Waals surface area contributed by atoms with E-state index in [1.807, 2.05) is 0 Å². The highest BCUT2D eigenvalue weighted by Gasteiger charge is 2.13. The van der Waals surface area contributed by atoms with Gasteiger partial charge in [-0.05, 0) is 17.7 Å². The normalized spacial score (nSPS) is 10.3. The monoisotopic (exact) mass is 378 g/mol. The van der Waals surface area contributed by atoms with Crippen LogP contribution in [0, 0.1) is 5.82 Å². The second-order valence-electron chi connectivity index (χ2n) is 5.02. The van der Waals surface area contributed by atoms with Gasteiger partial charge in [0, 0.05) is 19.6 Å². The maximum absolute atomic E-state index is 12.9. The van der Waals surface area contributed by atoms with Gasteiger partial charge in [-0.15, -0.1) is 23.4 Å². The Morgan fingerprint density at radius 2 is 1.92 bits per heavy atom. The maximum atomic E-state index is 12.9. The first kappa shape index (κ1) is 19.1. The molecule has 25 heavy (non-hydrogen) atoms. The molecule has 132 valence electrons. The van der Waals surface area contributed by atoms with Crippen LogP contribution in [0.25, 0.3) is 0 Å². The van der Waals surface area contributed by atoms with Crippen LogP contribution in [0.3, 0.4) is 0 Å². The highest BCUT2D eigenvalue weighted by molar-refractivity contribution is 8.01. The van der Waals surface area contributed by atoms with Crippen LogP contribution in [-0.4, -0.2) is 39.8 Å². The average molecular weight is 378 g/mol. The molecule has 0 aliphatic carbocycles. The Bertz CT molecular complexity index is 708. The van der Waals surface area contributed by atoms with Gasteiger partial charge in [-0.25, -0.2) is 4.39 Å². The lowest BCUT2D eigenvalue weighted by atomic mass is 10.2. The summed E-state index contributed by atoms with van der Waals surface area (Å²) >= 11 is 2.73. The van der Waals surface area contributed by atoms with Crippen molar-refractivity contribution in [3.8, 4) is 0 Å². The third kappa shape index (κ3) is 6.32. The van der Waals surface area contributed by atoms with Crippen LogP contribution < -0.4 is 5.32 Å². The standard InChI is InChI=1S/C17H19FN4OS2/c1-3-9-22(10-4-2)15(23)12-24-17-21-20-16(25-17)19-11-13-5-7-14(18)8-6-13/h3-8H,1-2,9-12H2,(H,19,20). The van der Waals surface area contributed by atoms with Gasteiger partial charge in [-0.3, -0.25) is 4.79 Å². The lowest BCUT2D eigenvalue weighted by Crippen LogP contribution is -2.32. The Morgan fingerprint density at radius 1 is 1.24 bits per heavy atom. The van der Waals surface area contributed by atoms with Gasteiger partial charge in [0.25, 0.3) is 0 Å². The van der Waals surface area contributed by atoms with Crippen LogP contribution in [0.5, 0.6) is 0 Å². The minimum absolute atomic E-state index is 0.000761. The molecule has 8 heteroatoms. The summed E-state index contributed by atoms with van der Waals surface area (Å²) in [6, 6.07) is 6.27. The largest absolute Gasteiger partial charge is 0.356 e. The number of benzene rings is 1. The van der Waals surface area contributed by atoms with Crippen molar-refractivity contribution in [3.63, 3.8) is 0 Å². The number of nitrogens with one attached hydrogen (secondary N) is 1. The van der Waals surface area contributed by atoms with Gasteiger partial charge in [0.05, 0.1) is 5.75 Å². The highest BCUT2D eigenvalue weighted by atomic mass is 32.2. The Kier molecular flexibility index (Phi) is 7.62. The molecule has 0 radical (unpaired) electrons. The molecule has 1 amide bonds. The number of hydrogen-bond acceptors (Lipinski definition) is 6. The molecule has 1 aromatic heterocycles. The quantitative estimate of drug-likeness (QED) is 0.506. The molecule has 0 spiro atoms. The molecular weight excluding hydrogens is 359 g/mol. The number of nitrogens with zero attached hydrogens (tertiary/aromatic N) is 3. The predicted molar refractivity (Wildman–Crippen MR) is 101 cm³/mol. The van der Waals surface area contributed by atoms with E-state index in [-0.39, 0.29) is 17.5 Å². The van der Waals surface area contributed by atoms with E-state index in [0.29, 0.717) is 29.1 Å². The Balaban J connectivity index is 1.82. The highest BCUT2D eigenvalue weighted by Crippen LogP contribution is 2.26. The molecule has 1 aromatic carbocycles. The van der Waals surface area contributed by atoms with E-state index in [1.54, 1.807) is 29.2 Å². The summed E-state index contributed by atoms with van der Waals surface area (Å²) < 4.78 is 13.6. The number of carbonyl (C=O) groups excluding carboxylic acids is 1. The number of carbonyl (C=O) groups is 1. The summed E-state index contributed by atoms with van der Waals surface area (Å²) in [5.74, 6) is 0.0275. The summed E-state index contributed by atoms with van der Waals surface area (Å²) in [7, 11) is 0. The number of thioether (sulfide) groups is 1. The van der Waals surface area contributed by atoms with Crippen molar-refractivity contribution in [3.05, 3.63) is 61.0 Å². The van der Waals surface area contributed by atoms with Gasteiger partial charge in [0.1, 0.15) is 5.82 Å². The summed E-state index contributed by atoms with van der Waals surface area (Å²) in [6.07, 6.45) is 3.38. The van der Waals surface area contributed by atoms with Crippen molar-refractivity contribution in [2.24, 2.45) is 0 Å². The number of aromatic nitrogens is 2. The Morgan fingerprint density at radius 3 is 2.56 bits per heavy atom. The molecule has 2 rings (SSSR count). The van der Waals surface area contributed by atoms with Crippen LogP contribution in [0.15, 0.2) is 53.9 Å². The van der Waals surface area contributed by atoms with Crippen molar-refractivity contribution in [2.75, 3.05) is 24.2 Å². The summed E-state index contributed by atoms with van der Waals surface area (Å²) in [4.78, 5) is 13.8. The van der Waals surface area contributed by atoms with E-state index in [4.69, 9.17) is 0 Å². The van der Waals surface area contributed by atoms with Crippen molar-refractivity contribution in [1.29, 1.82) is 0 Å². The molecule has 0 saturated carbocycles. The van der Waals surface area contributed by atoms with Crippen molar-refractivity contribution < 1.29 is 9.18 Å². The first-order valence-electron chi connectivity index (χ1n) is 7.56. The van der Waals surface area contributed by atoms with Gasteiger partial charge in [-0.1, -0.05) is 47.4 Å². The van der Waals surface area contributed by atoms with E-state index in [1.165, 1.54) is 35.2 Å². The molecule has 1 heterocycles. The van der Waals surface area contributed by atoms with Crippen molar-refractivity contribution in [2.45, 2.75) is 10.9 Å². The minimum Gasteiger partial charge on any atom is -0.356 e. The van der Waals surface area contributed by atoms with E-state index in [2.05, 4.69) is 28.7 Å². The third-order valence-corrected chi connectivity index (χ3v) is 5.13. The number of rotatable bonds is 10. The van der Waals surface area contributed by atoms with Gasteiger partial charge >= 0.3 is 0 Å². The lowest BCUT2D eigenvalue weighted by Gasteiger charge is -2.18. The number of amides is 1. The van der Waals surface area contributed by atoms with E-state index in [9.17, 15) is 9.18 Å². The van der Waals surface area contributed by atoms with Gasteiger partial charge in [0.15, 0.2) is 4.34 Å². The smallest absolute Gasteiger partial charge is 0.233 e. The molecule has 0 aliphatic heterocycles. The maximum Gasteiger partial charge on any atom is 0.233 e. The van der Waals surface area contributed by atoms with E-state index in [0.717, 1.165) is 5.56 Å². The molecule has 0 bridgehead atoms. The third-order valence-electron chi connectivity index (χ3n) is 3.13. The van der Waals surface area contributed by atoms with Crippen LogP contribution in [0.4, 0.5) is 9.52 Å². The average Bonchev–Trinajstić information content (AvgIpc) is 3.07. The minimum atomic E-state index is -0.259. The van der Waals surface area contributed by atoms with Crippen LogP contribution >= 0.6 is 23.1 Å². The second kappa shape index (κ2) is 9.95. The molecule has 0 atom stereocenters. The first-order chi connectivity index (χ1) is 12.1. The molecule has 0 aliphatic rings. The fraction of sp³-hybridized carbons (Fsp3) is 0.235. The molecule has 0 fully saturated rings. The second-order valence-corrected chi connectivity index (χ2v) is 7.22.